The summed E-state index contributed by atoms with van der Waals surface area (Å²) in [5.41, 5.74) is 0.0182. The summed E-state index contributed by atoms with van der Waals surface area (Å²) in [6.45, 7) is 8.09. The average Bonchev–Trinajstić information content (AvgIpc) is 2.95. The molecule has 2 heterocycles. The summed E-state index contributed by atoms with van der Waals surface area (Å²) in [5.74, 6) is 0.440. The maximum Gasteiger partial charge on any atom is 0.409 e. The fourth-order valence-corrected chi connectivity index (χ4v) is 5.22. The Kier molecular flexibility index (Phi) is 7.61. The van der Waals surface area contributed by atoms with Gasteiger partial charge in [-0.25, -0.2) is 4.79 Å². The Morgan fingerprint density at radius 2 is 1.68 bits per heavy atom. The van der Waals surface area contributed by atoms with Gasteiger partial charge in [0, 0.05) is 30.6 Å². The Morgan fingerprint density at radius 3 is 2.36 bits per heavy atom. The van der Waals surface area contributed by atoms with Crippen molar-refractivity contribution in [1.82, 2.24) is 15.1 Å². The molecule has 1 unspecified atom stereocenters. The molecule has 6 heteroatoms. The average molecular weight is 394 g/mol. The number of amides is 2. The summed E-state index contributed by atoms with van der Waals surface area (Å²) >= 11 is 0. The van der Waals surface area contributed by atoms with Crippen LogP contribution < -0.4 is 5.32 Å². The second-order valence-corrected chi connectivity index (χ2v) is 9.19. The van der Waals surface area contributed by atoms with Gasteiger partial charge in [-0.2, -0.15) is 0 Å². The van der Waals surface area contributed by atoms with Crippen molar-refractivity contribution in [2.24, 2.45) is 5.92 Å². The lowest BCUT2D eigenvalue weighted by molar-refractivity contribution is -0.128. The molecule has 2 amide bonds. The zero-order valence-electron chi connectivity index (χ0n) is 17.9. The first-order valence-corrected chi connectivity index (χ1v) is 11.5. The van der Waals surface area contributed by atoms with Gasteiger partial charge in [0.1, 0.15) is 0 Å². The van der Waals surface area contributed by atoms with Crippen molar-refractivity contribution in [1.29, 1.82) is 0 Å². The Hall–Kier alpha value is -1.30. The summed E-state index contributed by atoms with van der Waals surface area (Å²) < 4.78 is 5.16. The van der Waals surface area contributed by atoms with E-state index in [1.807, 2.05) is 11.8 Å². The molecule has 0 radical (unpaired) electrons. The molecular formula is C22H39N3O3. The van der Waals surface area contributed by atoms with Crippen molar-refractivity contribution < 1.29 is 14.3 Å². The predicted octanol–water partition coefficient (Wildman–Crippen LogP) is 3.55. The molecule has 3 fully saturated rings. The lowest BCUT2D eigenvalue weighted by Gasteiger charge is -2.39. The molecule has 0 aromatic heterocycles. The molecule has 0 aromatic rings. The Morgan fingerprint density at radius 1 is 0.964 bits per heavy atom. The number of likely N-dealkylation sites (tertiary alicyclic amines) is 2. The lowest BCUT2D eigenvalue weighted by atomic mass is 9.82. The smallest absolute Gasteiger partial charge is 0.409 e. The molecule has 3 rings (SSSR count). The summed E-state index contributed by atoms with van der Waals surface area (Å²) in [5, 5.41) is 3.38. The second kappa shape index (κ2) is 9.95. The third-order valence-corrected chi connectivity index (χ3v) is 7.02. The van der Waals surface area contributed by atoms with Crippen molar-refractivity contribution in [2.45, 2.75) is 89.6 Å². The molecule has 0 aromatic carbocycles. The first kappa shape index (κ1) is 21.4. The van der Waals surface area contributed by atoms with Gasteiger partial charge in [0.2, 0.25) is 5.91 Å². The molecule has 28 heavy (non-hydrogen) atoms. The van der Waals surface area contributed by atoms with Gasteiger partial charge >= 0.3 is 6.09 Å². The van der Waals surface area contributed by atoms with Crippen LogP contribution in [-0.2, 0) is 9.53 Å². The van der Waals surface area contributed by atoms with Gasteiger partial charge in [-0.1, -0.05) is 19.3 Å². The van der Waals surface area contributed by atoms with Gasteiger partial charge in [-0.3, -0.25) is 4.79 Å². The summed E-state index contributed by atoms with van der Waals surface area (Å²) in [6.07, 6.45) is 10.9. The number of carbonyl (C=O) groups is 2. The number of piperidine rings is 1. The highest BCUT2D eigenvalue weighted by molar-refractivity contribution is 5.79. The Bertz CT molecular complexity index is 525. The minimum absolute atomic E-state index is 0.0182. The SMILES string of the molecule is CCOC(=O)N1CCCC(N2CCC(C(=O)NC3(C)CCCCC3)CC2)CC1. The van der Waals surface area contributed by atoms with Crippen LogP contribution in [0.25, 0.3) is 0 Å². The van der Waals surface area contributed by atoms with Crippen LogP contribution in [0.1, 0.15) is 78.1 Å². The number of hydrogen-bond donors (Lipinski definition) is 1. The van der Waals surface area contributed by atoms with E-state index in [4.69, 9.17) is 4.74 Å². The van der Waals surface area contributed by atoms with Crippen LogP contribution in [-0.4, -0.2) is 66.2 Å². The first-order chi connectivity index (χ1) is 13.5. The molecule has 1 saturated carbocycles. The number of carbonyl (C=O) groups excluding carboxylic acids is 2. The van der Waals surface area contributed by atoms with E-state index in [9.17, 15) is 9.59 Å². The molecular weight excluding hydrogens is 354 g/mol. The monoisotopic (exact) mass is 393 g/mol. The largest absolute Gasteiger partial charge is 0.450 e. The molecule has 2 aliphatic heterocycles. The third-order valence-electron chi connectivity index (χ3n) is 7.02. The normalized spacial score (nSPS) is 27.1. The molecule has 6 nitrogen and oxygen atoms in total. The minimum atomic E-state index is -0.172. The molecule has 1 atom stereocenters. The summed E-state index contributed by atoms with van der Waals surface area (Å²) in [7, 11) is 0. The van der Waals surface area contributed by atoms with E-state index < -0.39 is 0 Å². The molecule has 0 spiro atoms. The number of hydrogen-bond acceptors (Lipinski definition) is 4. The van der Waals surface area contributed by atoms with Gasteiger partial charge in [0.15, 0.2) is 0 Å². The van der Waals surface area contributed by atoms with Crippen molar-refractivity contribution >= 4 is 12.0 Å². The second-order valence-electron chi connectivity index (χ2n) is 9.19. The number of nitrogens with one attached hydrogen (secondary N) is 1. The quantitative estimate of drug-likeness (QED) is 0.793. The fraction of sp³-hybridized carbons (Fsp3) is 0.909. The van der Waals surface area contributed by atoms with Crippen molar-refractivity contribution in [3.63, 3.8) is 0 Å². The van der Waals surface area contributed by atoms with Crippen LogP contribution >= 0.6 is 0 Å². The topological polar surface area (TPSA) is 61.9 Å². The highest BCUT2D eigenvalue weighted by Gasteiger charge is 2.34. The summed E-state index contributed by atoms with van der Waals surface area (Å²) in [6, 6.07) is 0.527. The molecule has 2 saturated heterocycles. The van der Waals surface area contributed by atoms with Crippen LogP contribution in [0.2, 0.25) is 0 Å². The van der Waals surface area contributed by atoms with Crippen molar-refractivity contribution in [2.75, 3.05) is 32.8 Å². The zero-order valence-corrected chi connectivity index (χ0v) is 17.9. The third kappa shape index (κ3) is 5.62. The minimum Gasteiger partial charge on any atom is -0.450 e. The highest BCUT2D eigenvalue weighted by Crippen LogP contribution is 2.29. The van der Waals surface area contributed by atoms with Crippen LogP contribution in [0.3, 0.4) is 0 Å². The number of rotatable bonds is 4. The molecule has 160 valence electrons. The van der Waals surface area contributed by atoms with Crippen molar-refractivity contribution in [3.05, 3.63) is 0 Å². The van der Waals surface area contributed by atoms with E-state index >= 15 is 0 Å². The van der Waals surface area contributed by atoms with Crippen LogP contribution in [0, 0.1) is 5.92 Å². The molecule has 0 bridgehead atoms. The van der Waals surface area contributed by atoms with Gasteiger partial charge in [0.05, 0.1) is 6.61 Å². The van der Waals surface area contributed by atoms with E-state index in [0.717, 1.165) is 71.1 Å². The molecule has 1 aliphatic carbocycles. The Labute approximate surface area is 170 Å². The van der Waals surface area contributed by atoms with E-state index in [1.54, 1.807) is 0 Å². The van der Waals surface area contributed by atoms with E-state index in [-0.39, 0.29) is 23.5 Å². The van der Waals surface area contributed by atoms with Gasteiger partial charge in [-0.05, 0) is 71.9 Å². The van der Waals surface area contributed by atoms with E-state index in [0.29, 0.717) is 12.6 Å². The number of ether oxygens (including phenoxy) is 1. The summed E-state index contributed by atoms with van der Waals surface area (Å²) in [4.78, 5) is 29.2. The maximum atomic E-state index is 12.8. The van der Waals surface area contributed by atoms with Gasteiger partial charge in [0.25, 0.3) is 0 Å². The van der Waals surface area contributed by atoms with Crippen LogP contribution in [0.4, 0.5) is 4.79 Å². The number of nitrogens with zero attached hydrogens (tertiary/aromatic N) is 2. The van der Waals surface area contributed by atoms with E-state index in [1.165, 1.54) is 19.3 Å². The predicted molar refractivity (Wildman–Crippen MR) is 110 cm³/mol. The molecule has 1 N–H and O–H groups in total. The Balaban J connectivity index is 1.43. The standard InChI is InChI=1S/C22H39N3O3/c1-3-28-21(27)25-14-7-8-19(11-17-25)24-15-9-18(10-16-24)20(26)23-22(2)12-5-4-6-13-22/h18-19H,3-17H2,1-2H3,(H,23,26). The van der Waals surface area contributed by atoms with Crippen LogP contribution in [0.5, 0.6) is 0 Å². The first-order valence-electron chi connectivity index (χ1n) is 11.5. The van der Waals surface area contributed by atoms with E-state index in [2.05, 4.69) is 17.1 Å². The lowest BCUT2D eigenvalue weighted by Crippen LogP contribution is -2.51. The van der Waals surface area contributed by atoms with Crippen molar-refractivity contribution in [3.8, 4) is 0 Å². The maximum absolute atomic E-state index is 12.8. The zero-order chi connectivity index (χ0) is 20.0. The molecule has 3 aliphatic rings. The van der Waals surface area contributed by atoms with Gasteiger partial charge < -0.3 is 19.9 Å². The fourth-order valence-electron chi connectivity index (χ4n) is 5.22. The van der Waals surface area contributed by atoms with Gasteiger partial charge in [-0.15, -0.1) is 0 Å². The highest BCUT2D eigenvalue weighted by atomic mass is 16.6. The van der Waals surface area contributed by atoms with Crippen LogP contribution in [0.15, 0.2) is 0 Å².